The van der Waals surface area contributed by atoms with Crippen LogP contribution in [0.3, 0.4) is 0 Å². The van der Waals surface area contributed by atoms with E-state index in [-0.39, 0.29) is 0 Å². The quantitative estimate of drug-likeness (QED) is 0.369. The minimum Gasteiger partial charge on any atom is -0.342 e. The van der Waals surface area contributed by atoms with Crippen LogP contribution in [0.5, 0.6) is 0 Å². The van der Waals surface area contributed by atoms with E-state index in [2.05, 4.69) is 16.9 Å². The van der Waals surface area contributed by atoms with Crippen molar-refractivity contribution in [3.63, 3.8) is 0 Å². The summed E-state index contributed by atoms with van der Waals surface area (Å²) in [6.45, 7) is 7.07. The van der Waals surface area contributed by atoms with Crippen LogP contribution in [-0.2, 0) is 0 Å². The van der Waals surface area contributed by atoms with Gasteiger partial charge in [0.15, 0.2) is 0 Å². The van der Waals surface area contributed by atoms with Crippen LogP contribution in [0.2, 0.25) is 0 Å². The van der Waals surface area contributed by atoms with E-state index < -0.39 is 0 Å². The summed E-state index contributed by atoms with van der Waals surface area (Å²) in [5, 5.41) is 2.75. The smallest absolute Gasteiger partial charge is 0.110 e. The highest BCUT2D eigenvalue weighted by molar-refractivity contribution is 5.81. The maximum Gasteiger partial charge on any atom is 0.110 e. The fourth-order valence-electron chi connectivity index (χ4n) is 0.478. The molecule has 0 bridgehead atoms. The van der Waals surface area contributed by atoms with Crippen molar-refractivity contribution in [2.24, 2.45) is 4.99 Å². The van der Waals surface area contributed by atoms with Crippen molar-refractivity contribution in [1.82, 2.24) is 5.32 Å². The summed E-state index contributed by atoms with van der Waals surface area (Å²) in [6, 6.07) is 0. The fourth-order valence-corrected chi connectivity index (χ4v) is 0.478. The van der Waals surface area contributed by atoms with Crippen molar-refractivity contribution >= 4 is 5.84 Å². The summed E-state index contributed by atoms with van der Waals surface area (Å²) >= 11 is 0. The van der Waals surface area contributed by atoms with Gasteiger partial charge in [-0.05, 0) is 19.4 Å². The van der Waals surface area contributed by atoms with E-state index in [0.29, 0.717) is 23.4 Å². The van der Waals surface area contributed by atoms with Gasteiger partial charge in [-0.25, -0.2) is 4.39 Å². The van der Waals surface area contributed by atoms with Crippen LogP contribution < -0.4 is 5.32 Å². The summed E-state index contributed by atoms with van der Waals surface area (Å²) in [4.78, 5) is 3.82. The van der Waals surface area contributed by atoms with Crippen LogP contribution in [0.15, 0.2) is 29.2 Å². The predicted molar refractivity (Wildman–Crippen MR) is 46.2 cm³/mol. The molecule has 0 saturated heterocycles. The number of hydrogen-bond donors (Lipinski definition) is 1. The van der Waals surface area contributed by atoms with Gasteiger partial charge in [-0.2, -0.15) is 0 Å². The van der Waals surface area contributed by atoms with Crippen molar-refractivity contribution in [1.29, 1.82) is 0 Å². The molecule has 0 unspecified atom stereocenters. The first-order valence-corrected chi connectivity index (χ1v) is 3.28. The maximum atomic E-state index is 12.1. The van der Waals surface area contributed by atoms with Gasteiger partial charge in [0.05, 0.1) is 11.5 Å². The lowest BCUT2D eigenvalue weighted by molar-refractivity contribution is 0.703. The van der Waals surface area contributed by atoms with Gasteiger partial charge in [-0.1, -0.05) is 6.58 Å². The molecule has 11 heavy (non-hydrogen) atoms. The lowest BCUT2D eigenvalue weighted by atomic mass is 10.3. The number of rotatable bonds is 2. The molecule has 2 nitrogen and oxygen atoms in total. The van der Waals surface area contributed by atoms with Crippen LogP contribution >= 0.6 is 0 Å². The summed E-state index contributed by atoms with van der Waals surface area (Å²) < 4.78 is 12.1. The number of hydrogen-bond acceptors (Lipinski definition) is 1. The second kappa shape index (κ2) is 4.66. The summed E-state index contributed by atoms with van der Waals surface area (Å²) in [5.74, 6) is 0.664. The third kappa shape index (κ3) is 3.55. The minimum atomic E-state index is 0.369. The molecular weight excluding hydrogens is 143 g/mol. The zero-order valence-corrected chi connectivity index (χ0v) is 7.11. The zero-order valence-electron chi connectivity index (χ0n) is 7.11. The summed E-state index contributed by atoms with van der Waals surface area (Å²) in [5.41, 5.74) is 1.02. The van der Waals surface area contributed by atoms with E-state index >= 15 is 0 Å². The Morgan fingerprint density at radius 1 is 1.55 bits per heavy atom. The SMILES string of the molecule is C=C(C)/C(=C/F)NC(C)=NC. The Bertz CT molecular complexity index is 204. The molecule has 0 saturated carbocycles. The Morgan fingerprint density at radius 3 is 2.36 bits per heavy atom. The van der Waals surface area contributed by atoms with Gasteiger partial charge in [0, 0.05) is 7.05 Å². The Labute approximate surface area is 66.5 Å². The lowest BCUT2D eigenvalue weighted by Gasteiger charge is -2.06. The van der Waals surface area contributed by atoms with E-state index in [9.17, 15) is 4.39 Å². The van der Waals surface area contributed by atoms with Gasteiger partial charge in [-0.15, -0.1) is 0 Å². The molecule has 62 valence electrons. The Balaban J connectivity index is 4.23. The normalized spacial score (nSPS) is 13.1. The summed E-state index contributed by atoms with van der Waals surface area (Å²) in [7, 11) is 1.64. The number of nitrogens with zero attached hydrogens (tertiary/aromatic N) is 1. The lowest BCUT2D eigenvalue weighted by Crippen LogP contribution is -2.19. The third-order valence-corrected chi connectivity index (χ3v) is 1.22. The second-order valence-corrected chi connectivity index (χ2v) is 2.24. The highest BCUT2D eigenvalue weighted by Crippen LogP contribution is 2.02. The first-order chi connectivity index (χ1) is 5.11. The molecule has 0 aliphatic carbocycles. The predicted octanol–water partition coefficient (Wildman–Crippen LogP) is 2.01. The molecule has 0 aliphatic rings. The molecule has 0 aromatic heterocycles. The highest BCUT2D eigenvalue weighted by atomic mass is 19.1. The fraction of sp³-hybridized carbons (Fsp3) is 0.375. The van der Waals surface area contributed by atoms with E-state index in [4.69, 9.17) is 0 Å². The second-order valence-electron chi connectivity index (χ2n) is 2.24. The molecule has 0 aromatic carbocycles. The first-order valence-electron chi connectivity index (χ1n) is 3.28. The maximum absolute atomic E-state index is 12.1. The molecular formula is C8H13FN2. The standard InChI is InChI=1S/C8H13FN2/c1-6(2)8(5-9)11-7(3)10-4/h5H,1H2,2-4H3,(H,10,11)/b8-5-. The molecule has 0 aromatic rings. The van der Waals surface area contributed by atoms with Gasteiger partial charge < -0.3 is 5.32 Å². The van der Waals surface area contributed by atoms with Crippen molar-refractivity contribution in [2.45, 2.75) is 13.8 Å². The monoisotopic (exact) mass is 156 g/mol. The Morgan fingerprint density at radius 2 is 2.09 bits per heavy atom. The van der Waals surface area contributed by atoms with Crippen LogP contribution in [-0.4, -0.2) is 12.9 Å². The van der Waals surface area contributed by atoms with Crippen LogP contribution in [0, 0.1) is 0 Å². The van der Waals surface area contributed by atoms with Gasteiger partial charge >= 0.3 is 0 Å². The molecule has 0 rings (SSSR count). The van der Waals surface area contributed by atoms with Crippen molar-refractivity contribution in [3.8, 4) is 0 Å². The van der Waals surface area contributed by atoms with Crippen LogP contribution in [0.25, 0.3) is 0 Å². The average molecular weight is 156 g/mol. The number of amidine groups is 1. The van der Waals surface area contributed by atoms with Gasteiger partial charge in [0.1, 0.15) is 6.33 Å². The first kappa shape index (κ1) is 9.88. The van der Waals surface area contributed by atoms with Gasteiger partial charge in [0.25, 0.3) is 0 Å². The van der Waals surface area contributed by atoms with Crippen molar-refractivity contribution < 1.29 is 4.39 Å². The number of halogens is 1. The number of aliphatic imine (C=N–C) groups is 1. The Kier molecular flexibility index (Phi) is 4.18. The van der Waals surface area contributed by atoms with E-state index in [1.54, 1.807) is 20.9 Å². The number of nitrogens with one attached hydrogen (secondary N) is 1. The molecule has 0 heterocycles. The average Bonchev–Trinajstić information content (AvgIpc) is 1.99. The van der Waals surface area contributed by atoms with Crippen molar-refractivity contribution in [2.75, 3.05) is 7.05 Å². The van der Waals surface area contributed by atoms with E-state index in [1.165, 1.54) is 0 Å². The molecule has 0 radical (unpaired) electrons. The van der Waals surface area contributed by atoms with E-state index in [1.807, 2.05) is 0 Å². The molecule has 0 aliphatic heterocycles. The zero-order chi connectivity index (χ0) is 8.85. The molecule has 0 spiro atoms. The Hall–Kier alpha value is -1.12. The van der Waals surface area contributed by atoms with Crippen LogP contribution in [0.1, 0.15) is 13.8 Å². The van der Waals surface area contributed by atoms with Crippen LogP contribution in [0.4, 0.5) is 4.39 Å². The minimum absolute atomic E-state index is 0.369. The molecule has 0 atom stereocenters. The van der Waals surface area contributed by atoms with Crippen molar-refractivity contribution in [3.05, 3.63) is 24.2 Å². The topological polar surface area (TPSA) is 24.4 Å². The molecule has 3 heteroatoms. The molecule has 0 amide bonds. The molecule has 0 fully saturated rings. The van der Waals surface area contributed by atoms with Gasteiger partial charge in [0.2, 0.25) is 0 Å². The largest absolute Gasteiger partial charge is 0.342 e. The van der Waals surface area contributed by atoms with Gasteiger partial charge in [-0.3, -0.25) is 4.99 Å². The molecule has 1 N–H and O–H groups in total. The highest BCUT2D eigenvalue weighted by Gasteiger charge is 1.97. The number of allylic oxidation sites excluding steroid dienone is 1. The third-order valence-electron chi connectivity index (χ3n) is 1.22. The van der Waals surface area contributed by atoms with E-state index in [0.717, 1.165) is 0 Å². The summed E-state index contributed by atoms with van der Waals surface area (Å²) in [6.07, 6.45) is 0.483.